The van der Waals surface area contributed by atoms with Crippen molar-refractivity contribution in [2.45, 2.75) is 13.3 Å². The Balaban J connectivity index is 1.61. The van der Waals surface area contributed by atoms with Gasteiger partial charge in [-0.05, 0) is 61.4 Å². The average Bonchev–Trinajstić information content (AvgIpc) is 2.95. The van der Waals surface area contributed by atoms with Gasteiger partial charge in [0.05, 0.1) is 20.8 Å². The molecular formula is C29H28FN3O6. The molecule has 4 rings (SSSR count). The van der Waals surface area contributed by atoms with Gasteiger partial charge in [-0.15, -0.1) is 5.10 Å². The van der Waals surface area contributed by atoms with Gasteiger partial charge < -0.3 is 23.9 Å². The molecule has 4 aromatic rings. The first-order chi connectivity index (χ1) is 18.9. The Kier molecular flexibility index (Phi) is 8.78. The largest absolute Gasteiger partial charge is 0.493 e. The highest BCUT2D eigenvalue weighted by Gasteiger charge is 2.16. The van der Waals surface area contributed by atoms with E-state index in [-0.39, 0.29) is 16.7 Å². The lowest BCUT2D eigenvalue weighted by Gasteiger charge is -2.11. The van der Waals surface area contributed by atoms with Gasteiger partial charge in [-0.25, -0.2) is 9.82 Å². The van der Waals surface area contributed by atoms with Gasteiger partial charge in [-0.3, -0.25) is 9.59 Å². The van der Waals surface area contributed by atoms with Crippen molar-refractivity contribution >= 4 is 22.8 Å². The molecule has 0 saturated carbocycles. The van der Waals surface area contributed by atoms with Gasteiger partial charge in [-0.1, -0.05) is 24.3 Å². The molecule has 0 bridgehead atoms. The molecule has 3 aromatic carbocycles. The number of methoxy groups -OCH3 is 2. The van der Waals surface area contributed by atoms with Crippen molar-refractivity contribution in [1.82, 2.24) is 10.7 Å². The normalized spacial score (nSPS) is 11.2. The third-order valence-electron chi connectivity index (χ3n) is 5.78. The second kappa shape index (κ2) is 12.6. The van der Waals surface area contributed by atoms with E-state index in [0.717, 1.165) is 11.6 Å². The summed E-state index contributed by atoms with van der Waals surface area (Å²) in [7, 11) is 3.12. The monoisotopic (exact) mass is 533 g/mol. The van der Waals surface area contributed by atoms with Gasteiger partial charge in [0.25, 0.3) is 11.8 Å². The van der Waals surface area contributed by atoms with Crippen LogP contribution in [0.4, 0.5) is 4.39 Å². The van der Waals surface area contributed by atoms with E-state index in [1.165, 1.54) is 18.2 Å². The molecule has 0 aliphatic heterocycles. The highest BCUT2D eigenvalue weighted by atomic mass is 19.1. The number of amides is 2. The predicted molar refractivity (Wildman–Crippen MR) is 142 cm³/mol. The minimum Gasteiger partial charge on any atom is -0.493 e. The summed E-state index contributed by atoms with van der Waals surface area (Å²) in [5.41, 5.74) is 3.66. The number of benzene rings is 3. The third-order valence-corrected chi connectivity index (χ3v) is 5.78. The molecule has 2 N–H and O–H groups in total. The van der Waals surface area contributed by atoms with Crippen LogP contribution in [0.1, 0.15) is 33.2 Å². The molecule has 0 spiro atoms. The van der Waals surface area contributed by atoms with Crippen LogP contribution in [0, 0.1) is 5.82 Å². The van der Waals surface area contributed by atoms with Crippen molar-refractivity contribution in [1.29, 1.82) is 0 Å². The van der Waals surface area contributed by atoms with Crippen LogP contribution in [0.2, 0.25) is 0 Å². The molecule has 0 fully saturated rings. The first-order valence-corrected chi connectivity index (χ1v) is 12.2. The maximum atomic E-state index is 13.6. The first-order valence-electron chi connectivity index (χ1n) is 12.2. The SMILES string of the molecule is CCOc1cccc2cc(C(=O)NCCc3ccc(OC)c(OC)c3)/c(=N\NC(=O)c3cccc(F)c3)oc12. The third kappa shape index (κ3) is 6.53. The molecule has 39 heavy (non-hydrogen) atoms. The van der Waals surface area contributed by atoms with Crippen molar-refractivity contribution in [3.8, 4) is 17.2 Å². The van der Waals surface area contributed by atoms with Gasteiger partial charge in [0.2, 0.25) is 5.55 Å². The summed E-state index contributed by atoms with van der Waals surface area (Å²) in [6.07, 6.45) is 0.522. The van der Waals surface area contributed by atoms with Crippen molar-refractivity contribution < 1.29 is 32.6 Å². The Hall–Kier alpha value is -4.86. The molecule has 9 nitrogen and oxygen atoms in total. The van der Waals surface area contributed by atoms with Gasteiger partial charge in [0, 0.05) is 17.5 Å². The first kappa shape index (κ1) is 27.2. The molecule has 1 aromatic heterocycles. The highest BCUT2D eigenvalue weighted by molar-refractivity contribution is 5.97. The van der Waals surface area contributed by atoms with Crippen LogP contribution < -0.4 is 30.5 Å². The summed E-state index contributed by atoms with van der Waals surface area (Å²) in [5.74, 6) is -0.0161. The summed E-state index contributed by atoms with van der Waals surface area (Å²) < 4.78 is 35.8. The molecule has 0 aliphatic rings. The summed E-state index contributed by atoms with van der Waals surface area (Å²) in [4.78, 5) is 25.8. The van der Waals surface area contributed by atoms with E-state index in [9.17, 15) is 14.0 Å². The Labute approximate surface area is 224 Å². The van der Waals surface area contributed by atoms with Crippen LogP contribution in [0.15, 0.2) is 76.2 Å². The Bertz CT molecular complexity index is 1570. The Morgan fingerprint density at radius 3 is 2.46 bits per heavy atom. The fourth-order valence-electron chi connectivity index (χ4n) is 3.89. The number of rotatable bonds is 10. The minimum atomic E-state index is -0.664. The number of halogens is 1. The van der Waals surface area contributed by atoms with Crippen LogP contribution in [0.25, 0.3) is 11.0 Å². The van der Waals surface area contributed by atoms with E-state index in [0.29, 0.717) is 47.8 Å². The summed E-state index contributed by atoms with van der Waals surface area (Å²) in [6, 6.07) is 17.6. The van der Waals surface area contributed by atoms with Crippen molar-refractivity contribution in [2.24, 2.45) is 5.10 Å². The fraction of sp³-hybridized carbons (Fsp3) is 0.207. The van der Waals surface area contributed by atoms with Crippen molar-refractivity contribution in [3.63, 3.8) is 0 Å². The maximum absolute atomic E-state index is 13.6. The van der Waals surface area contributed by atoms with Crippen molar-refractivity contribution in [3.05, 3.63) is 94.8 Å². The minimum absolute atomic E-state index is 0.0652. The number of hydrogen-bond donors (Lipinski definition) is 2. The van der Waals surface area contributed by atoms with Gasteiger partial charge in [0.1, 0.15) is 11.4 Å². The number of nitrogens with zero attached hydrogens (tertiary/aromatic N) is 1. The molecule has 0 aliphatic carbocycles. The molecule has 202 valence electrons. The number of carbonyl (C=O) groups excluding carboxylic acids is 2. The zero-order valence-corrected chi connectivity index (χ0v) is 21.7. The molecule has 1 heterocycles. The van der Waals surface area contributed by atoms with Gasteiger partial charge in [-0.2, -0.15) is 0 Å². The number of ether oxygens (including phenoxy) is 3. The number of carbonyl (C=O) groups is 2. The highest BCUT2D eigenvalue weighted by Crippen LogP contribution is 2.28. The standard InChI is InChI=1S/C29H28FN3O6/c1-4-38-24-10-6-7-19-17-22(28(35)31-14-13-18-11-12-23(36-2)25(15-18)37-3)29(39-26(19)24)33-32-27(34)20-8-5-9-21(30)16-20/h5-12,15-17H,4,13-14H2,1-3H3,(H,31,35)(H,32,34)/b33-29+. The number of hydrogen-bond acceptors (Lipinski definition) is 7. The zero-order chi connectivity index (χ0) is 27.8. The quantitative estimate of drug-likeness (QED) is 0.296. The Morgan fingerprint density at radius 1 is 0.923 bits per heavy atom. The number of para-hydroxylation sites is 1. The van der Waals surface area contributed by atoms with Gasteiger partial charge in [0.15, 0.2) is 22.8 Å². The summed E-state index contributed by atoms with van der Waals surface area (Å²) in [6.45, 7) is 2.54. The van der Waals surface area contributed by atoms with Crippen LogP contribution in [-0.2, 0) is 6.42 Å². The van der Waals surface area contributed by atoms with E-state index in [1.807, 2.05) is 19.1 Å². The van der Waals surface area contributed by atoms with Crippen LogP contribution in [0.5, 0.6) is 17.2 Å². The lowest BCUT2D eigenvalue weighted by molar-refractivity contribution is 0.0934. The van der Waals surface area contributed by atoms with Crippen LogP contribution >= 0.6 is 0 Å². The lowest BCUT2D eigenvalue weighted by atomic mass is 10.1. The predicted octanol–water partition coefficient (Wildman–Crippen LogP) is 4.21. The summed E-state index contributed by atoms with van der Waals surface area (Å²) in [5, 5.41) is 7.53. The van der Waals surface area contributed by atoms with Crippen molar-refractivity contribution in [2.75, 3.05) is 27.4 Å². The molecule has 10 heteroatoms. The fourth-order valence-corrected chi connectivity index (χ4v) is 3.89. The van der Waals surface area contributed by atoms with E-state index in [1.54, 1.807) is 44.6 Å². The molecule has 0 radical (unpaired) electrons. The zero-order valence-electron chi connectivity index (χ0n) is 21.7. The molecule has 0 atom stereocenters. The number of fused-ring (bicyclic) bond motifs is 1. The van der Waals surface area contributed by atoms with E-state index < -0.39 is 17.6 Å². The van der Waals surface area contributed by atoms with Crippen LogP contribution in [-0.4, -0.2) is 39.2 Å². The smallest absolute Gasteiger partial charge is 0.271 e. The Morgan fingerprint density at radius 2 is 1.72 bits per heavy atom. The summed E-state index contributed by atoms with van der Waals surface area (Å²) >= 11 is 0. The van der Waals surface area contributed by atoms with E-state index in [4.69, 9.17) is 18.6 Å². The molecular weight excluding hydrogens is 505 g/mol. The second-order valence-electron chi connectivity index (χ2n) is 8.33. The maximum Gasteiger partial charge on any atom is 0.271 e. The van der Waals surface area contributed by atoms with E-state index in [2.05, 4.69) is 15.8 Å². The second-order valence-corrected chi connectivity index (χ2v) is 8.33. The average molecular weight is 534 g/mol. The molecule has 0 unspecified atom stereocenters. The topological polar surface area (TPSA) is 111 Å². The lowest BCUT2D eigenvalue weighted by Crippen LogP contribution is -2.32. The van der Waals surface area contributed by atoms with Gasteiger partial charge >= 0.3 is 0 Å². The molecule has 0 saturated heterocycles. The van der Waals surface area contributed by atoms with Crippen LogP contribution in [0.3, 0.4) is 0 Å². The number of nitrogens with one attached hydrogen (secondary N) is 2. The molecule has 2 amide bonds. The van der Waals surface area contributed by atoms with E-state index >= 15 is 0 Å².